The molecule has 1 aromatic carbocycles. The quantitative estimate of drug-likeness (QED) is 0.318. The van der Waals surface area contributed by atoms with Crippen molar-refractivity contribution in [3.05, 3.63) is 35.9 Å². The summed E-state index contributed by atoms with van der Waals surface area (Å²) >= 11 is 0. The molecule has 5 nitrogen and oxygen atoms in total. The van der Waals surface area contributed by atoms with Gasteiger partial charge >= 0.3 is 0 Å². The molecule has 0 spiro atoms. The van der Waals surface area contributed by atoms with Crippen LogP contribution >= 0.6 is 0 Å². The Hall–Kier alpha value is -1.59. The average molecular weight is 263 g/mol. The van der Waals surface area contributed by atoms with Gasteiger partial charge in [0.25, 0.3) is 0 Å². The van der Waals surface area contributed by atoms with E-state index >= 15 is 0 Å². The summed E-state index contributed by atoms with van der Waals surface area (Å²) in [6, 6.07) is 9.83. The van der Waals surface area contributed by atoms with E-state index < -0.39 is 0 Å². The van der Waals surface area contributed by atoms with Crippen LogP contribution in [0.1, 0.15) is 17.9 Å². The summed E-state index contributed by atoms with van der Waals surface area (Å²) in [5, 5.41) is 21.3. The van der Waals surface area contributed by atoms with E-state index in [-0.39, 0.29) is 18.4 Å². The molecule has 0 bridgehead atoms. The summed E-state index contributed by atoms with van der Waals surface area (Å²) in [5.41, 5.74) is 6.86. The first-order chi connectivity index (χ1) is 9.24. The van der Waals surface area contributed by atoms with Gasteiger partial charge in [-0.15, -0.1) is 0 Å². The maximum absolute atomic E-state index is 9.18. The Morgan fingerprint density at radius 1 is 1.42 bits per heavy atom. The van der Waals surface area contributed by atoms with E-state index in [9.17, 15) is 5.11 Å². The summed E-state index contributed by atoms with van der Waals surface area (Å²) in [6.07, 6.45) is 1.01. The van der Waals surface area contributed by atoms with Crippen LogP contribution < -0.4 is 5.73 Å². The second kappa shape index (κ2) is 6.54. The maximum Gasteiger partial charge on any atom is 0.147 e. The molecule has 2 rings (SSSR count). The molecule has 104 valence electrons. The molecule has 0 aliphatic carbocycles. The average Bonchev–Trinajstić information content (AvgIpc) is 2.92. The van der Waals surface area contributed by atoms with Crippen molar-refractivity contribution in [1.29, 1.82) is 0 Å². The van der Waals surface area contributed by atoms with Crippen molar-refractivity contribution in [3.8, 4) is 0 Å². The Kier molecular flexibility index (Phi) is 4.76. The number of aliphatic hydroxyl groups excluding tert-OH is 1. The van der Waals surface area contributed by atoms with E-state index in [1.165, 1.54) is 0 Å². The molecule has 1 saturated heterocycles. The van der Waals surface area contributed by atoms with Crippen LogP contribution in [0.25, 0.3) is 0 Å². The minimum atomic E-state index is -0.108. The number of nitrogens with zero attached hydrogens (tertiary/aromatic N) is 2. The third kappa shape index (κ3) is 3.45. The normalized spacial score (nSPS) is 22.6. The van der Waals surface area contributed by atoms with Crippen molar-refractivity contribution in [2.75, 3.05) is 26.2 Å². The highest BCUT2D eigenvalue weighted by atomic mass is 16.4. The van der Waals surface area contributed by atoms with Gasteiger partial charge in [-0.25, -0.2) is 0 Å². The molecule has 4 N–H and O–H groups in total. The lowest BCUT2D eigenvalue weighted by molar-refractivity contribution is 0.221. The fraction of sp³-hybridized carbons (Fsp3) is 0.500. The Morgan fingerprint density at radius 3 is 2.74 bits per heavy atom. The van der Waals surface area contributed by atoms with Crippen LogP contribution in [-0.2, 0) is 0 Å². The zero-order valence-electron chi connectivity index (χ0n) is 10.9. The molecule has 1 aliphatic rings. The zero-order chi connectivity index (χ0) is 13.7. The fourth-order valence-electron chi connectivity index (χ4n) is 2.61. The molecular weight excluding hydrogens is 242 g/mol. The molecule has 0 amide bonds. The molecule has 0 radical (unpaired) electrons. The lowest BCUT2D eigenvalue weighted by atomic mass is 9.97. The smallest absolute Gasteiger partial charge is 0.147 e. The predicted molar refractivity (Wildman–Crippen MR) is 74.2 cm³/mol. The van der Waals surface area contributed by atoms with Crippen molar-refractivity contribution in [3.63, 3.8) is 0 Å². The summed E-state index contributed by atoms with van der Waals surface area (Å²) in [5.74, 6) is 0.478. The Labute approximate surface area is 113 Å². The summed E-state index contributed by atoms with van der Waals surface area (Å²) < 4.78 is 0. The fourth-order valence-corrected chi connectivity index (χ4v) is 2.61. The minimum absolute atomic E-state index is 0.108. The van der Waals surface area contributed by atoms with Gasteiger partial charge in [-0.3, -0.25) is 0 Å². The maximum atomic E-state index is 9.18. The van der Waals surface area contributed by atoms with Crippen molar-refractivity contribution in [2.24, 2.45) is 16.8 Å². The first kappa shape index (κ1) is 13.8. The summed E-state index contributed by atoms with van der Waals surface area (Å²) in [4.78, 5) is 2.26. The summed E-state index contributed by atoms with van der Waals surface area (Å²) in [6.45, 7) is 2.78. The number of oxime groups is 1. The zero-order valence-corrected chi connectivity index (χ0v) is 10.9. The molecule has 5 heteroatoms. The third-order valence-electron chi connectivity index (χ3n) is 3.74. The van der Waals surface area contributed by atoms with E-state index in [2.05, 4.69) is 10.1 Å². The van der Waals surface area contributed by atoms with Gasteiger partial charge in [0.2, 0.25) is 0 Å². The Balaban J connectivity index is 2.08. The SMILES string of the molecule is N/C(=N/O)C(CN1CCC(CO)C1)c1ccccc1. The number of rotatable bonds is 5. The van der Waals surface area contributed by atoms with Gasteiger partial charge in [0, 0.05) is 19.7 Å². The number of aliphatic hydroxyl groups is 1. The second-order valence-corrected chi connectivity index (χ2v) is 5.08. The van der Waals surface area contributed by atoms with Crippen LogP contribution in [0.4, 0.5) is 0 Å². The van der Waals surface area contributed by atoms with Crippen molar-refractivity contribution >= 4 is 5.84 Å². The minimum Gasteiger partial charge on any atom is -0.409 e. The molecule has 0 aromatic heterocycles. The highest BCUT2D eigenvalue weighted by Crippen LogP contribution is 2.22. The number of benzene rings is 1. The summed E-state index contributed by atoms with van der Waals surface area (Å²) in [7, 11) is 0. The van der Waals surface area contributed by atoms with Crippen LogP contribution in [0.3, 0.4) is 0 Å². The van der Waals surface area contributed by atoms with Crippen LogP contribution in [0, 0.1) is 5.92 Å². The van der Waals surface area contributed by atoms with Crippen LogP contribution in [0.15, 0.2) is 35.5 Å². The topological polar surface area (TPSA) is 82.1 Å². The number of likely N-dealkylation sites (tertiary alicyclic amines) is 1. The van der Waals surface area contributed by atoms with Crippen LogP contribution in [0.2, 0.25) is 0 Å². The Morgan fingerprint density at radius 2 is 2.16 bits per heavy atom. The van der Waals surface area contributed by atoms with Gasteiger partial charge < -0.3 is 20.9 Å². The number of hydrogen-bond acceptors (Lipinski definition) is 4. The number of nitrogens with two attached hydrogens (primary N) is 1. The molecule has 1 aromatic rings. The molecule has 0 saturated carbocycles. The highest BCUT2D eigenvalue weighted by molar-refractivity contribution is 5.87. The standard InChI is InChI=1S/C14H21N3O2/c15-14(16-19)13(12-4-2-1-3-5-12)9-17-7-6-11(8-17)10-18/h1-5,11,13,18-19H,6-10H2,(H2,15,16). The first-order valence-electron chi connectivity index (χ1n) is 6.60. The lowest BCUT2D eigenvalue weighted by Gasteiger charge is -2.23. The molecule has 2 unspecified atom stereocenters. The van der Waals surface area contributed by atoms with Gasteiger partial charge in [0.15, 0.2) is 0 Å². The Bertz CT molecular complexity index is 422. The van der Waals surface area contributed by atoms with Crippen molar-refractivity contribution < 1.29 is 10.3 Å². The monoisotopic (exact) mass is 263 g/mol. The first-order valence-corrected chi connectivity index (χ1v) is 6.60. The molecule has 19 heavy (non-hydrogen) atoms. The molecule has 1 fully saturated rings. The molecular formula is C14H21N3O2. The van der Waals surface area contributed by atoms with Gasteiger partial charge in [-0.2, -0.15) is 0 Å². The van der Waals surface area contributed by atoms with Gasteiger partial charge in [0.05, 0.1) is 5.92 Å². The van der Waals surface area contributed by atoms with Gasteiger partial charge in [0.1, 0.15) is 5.84 Å². The van der Waals surface area contributed by atoms with Gasteiger partial charge in [-0.1, -0.05) is 35.5 Å². The lowest BCUT2D eigenvalue weighted by Crippen LogP contribution is -2.34. The van der Waals surface area contributed by atoms with E-state index in [0.29, 0.717) is 5.92 Å². The number of amidine groups is 1. The molecule has 2 atom stereocenters. The van der Waals surface area contributed by atoms with Crippen molar-refractivity contribution in [1.82, 2.24) is 4.90 Å². The van der Waals surface area contributed by atoms with Gasteiger partial charge in [-0.05, 0) is 24.4 Å². The molecule has 1 heterocycles. The van der Waals surface area contributed by atoms with E-state index in [1.54, 1.807) is 0 Å². The van der Waals surface area contributed by atoms with Crippen LogP contribution in [-0.4, -0.2) is 47.3 Å². The van der Waals surface area contributed by atoms with E-state index in [4.69, 9.17) is 10.9 Å². The van der Waals surface area contributed by atoms with Crippen molar-refractivity contribution in [2.45, 2.75) is 12.3 Å². The molecule has 1 aliphatic heterocycles. The second-order valence-electron chi connectivity index (χ2n) is 5.08. The third-order valence-corrected chi connectivity index (χ3v) is 3.74. The predicted octanol–water partition coefficient (Wildman–Crippen LogP) is 0.831. The highest BCUT2D eigenvalue weighted by Gasteiger charge is 2.26. The largest absolute Gasteiger partial charge is 0.409 e. The van der Waals surface area contributed by atoms with E-state index in [1.807, 2.05) is 30.3 Å². The number of hydrogen-bond donors (Lipinski definition) is 3. The van der Waals surface area contributed by atoms with Crippen LogP contribution in [0.5, 0.6) is 0 Å². The van der Waals surface area contributed by atoms with E-state index in [0.717, 1.165) is 31.6 Å².